The Bertz CT molecular complexity index is 991. The number of aryl methyl sites for hydroxylation is 1. The summed E-state index contributed by atoms with van der Waals surface area (Å²) in [5.74, 6) is -0.788. The zero-order valence-electron chi connectivity index (χ0n) is 13.5. The molecule has 4 rings (SSSR count). The fourth-order valence-electron chi connectivity index (χ4n) is 3.01. The number of nitrogens with one attached hydrogen (secondary N) is 2. The van der Waals surface area contributed by atoms with Gasteiger partial charge in [0, 0.05) is 11.8 Å². The molecule has 0 saturated carbocycles. The summed E-state index contributed by atoms with van der Waals surface area (Å²) in [6.07, 6.45) is 0.819. The first-order valence-electron chi connectivity index (χ1n) is 7.87. The van der Waals surface area contributed by atoms with Crippen molar-refractivity contribution in [2.45, 2.75) is 13.3 Å². The summed E-state index contributed by atoms with van der Waals surface area (Å²) >= 11 is 0. The standard InChI is InChI=1S/C19H15N3O3/c1-11-8-17(22-25-11)21-19(24)18(23)20-14-6-7-16-13(10-14)9-12-4-2-3-5-15(12)16/h2-8,10H,9H2,1H3,(H,20,23)(H,21,22,24). The third-order valence-electron chi connectivity index (χ3n) is 4.13. The molecule has 1 aliphatic carbocycles. The number of fused-ring (bicyclic) bond motifs is 3. The van der Waals surface area contributed by atoms with E-state index in [9.17, 15) is 9.59 Å². The molecule has 1 heterocycles. The van der Waals surface area contributed by atoms with Gasteiger partial charge >= 0.3 is 11.8 Å². The van der Waals surface area contributed by atoms with E-state index < -0.39 is 11.8 Å². The highest BCUT2D eigenvalue weighted by Crippen LogP contribution is 2.37. The highest BCUT2D eigenvalue weighted by Gasteiger charge is 2.20. The number of carbonyl (C=O) groups is 2. The number of hydrogen-bond acceptors (Lipinski definition) is 4. The van der Waals surface area contributed by atoms with Gasteiger partial charge in [0.15, 0.2) is 5.82 Å². The van der Waals surface area contributed by atoms with Crippen LogP contribution in [0.25, 0.3) is 11.1 Å². The van der Waals surface area contributed by atoms with Gasteiger partial charge in [-0.3, -0.25) is 14.9 Å². The molecule has 1 aliphatic rings. The Balaban J connectivity index is 1.47. The van der Waals surface area contributed by atoms with Gasteiger partial charge in [0.1, 0.15) is 5.76 Å². The molecular weight excluding hydrogens is 318 g/mol. The largest absolute Gasteiger partial charge is 0.360 e. The topological polar surface area (TPSA) is 84.2 Å². The van der Waals surface area contributed by atoms with E-state index in [2.05, 4.69) is 27.9 Å². The number of hydrogen-bond donors (Lipinski definition) is 2. The number of aromatic nitrogens is 1. The maximum atomic E-state index is 12.1. The van der Waals surface area contributed by atoms with Gasteiger partial charge in [-0.15, -0.1) is 0 Å². The normalized spacial score (nSPS) is 11.6. The van der Waals surface area contributed by atoms with Crippen molar-refractivity contribution in [2.75, 3.05) is 10.6 Å². The lowest BCUT2D eigenvalue weighted by Gasteiger charge is -2.07. The molecule has 2 amide bonds. The molecule has 0 radical (unpaired) electrons. The van der Waals surface area contributed by atoms with Crippen molar-refractivity contribution >= 4 is 23.3 Å². The van der Waals surface area contributed by atoms with E-state index in [4.69, 9.17) is 4.52 Å². The molecule has 124 valence electrons. The number of amides is 2. The van der Waals surface area contributed by atoms with Crippen molar-refractivity contribution in [2.24, 2.45) is 0 Å². The number of carbonyl (C=O) groups excluding carboxylic acids is 2. The van der Waals surface area contributed by atoms with Crippen LogP contribution in [-0.2, 0) is 16.0 Å². The van der Waals surface area contributed by atoms with Gasteiger partial charge < -0.3 is 9.84 Å². The van der Waals surface area contributed by atoms with Crippen molar-refractivity contribution < 1.29 is 14.1 Å². The van der Waals surface area contributed by atoms with Crippen LogP contribution in [0.2, 0.25) is 0 Å². The van der Waals surface area contributed by atoms with Crippen LogP contribution in [-0.4, -0.2) is 17.0 Å². The second kappa shape index (κ2) is 5.90. The Hall–Kier alpha value is -3.41. The van der Waals surface area contributed by atoms with Gasteiger partial charge in [-0.05, 0) is 47.7 Å². The molecule has 1 aromatic heterocycles. The zero-order chi connectivity index (χ0) is 17.4. The van der Waals surface area contributed by atoms with Gasteiger partial charge in [-0.25, -0.2) is 0 Å². The fraction of sp³-hybridized carbons (Fsp3) is 0.105. The smallest absolute Gasteiger partial charge is 0.315 e. The van der Waals surface area contributed by atoms with Crippen LogP contribution in [0.15, 0.2) is 53.1 Å². The highest BCUT2D eigenvalue weighted by molar-refractivity contribution is 6.43. The minimum Gasteiger partial charge on any atom is -0.360 e. The second-order valence-corrected chi connectivity index (χ2v) is 5.94. The summed E-state index contributed by atoms with van der Waals surface area (Å²) in [4.78, 5) is 24.0. The van der Waals surface area contributed by atoms with Gasteiger partial charge in [0.25, 0.3) is 0 Å². The third-order valence-corrected chi connectivity index (χ3v) is 4.13. The zero-order valence-corrected chi connectivity index (χ0v) is 13.5. The Morgan fingerprint density at radius 3 is 2.52 bits per heavy atom. The van der Waals surface area contributed by atoms with Gasteiger partial charge in [-0.1, -0.05) is 35.5 Å². The van der Waals surface area contributed by atoms with Crippen LogP contribution in [0.5, 0.6) is 0 Å². The summed E-state index contributed by atoms with van der Waals surface area (Å²) in [5, 5.41) is 8.64. The molecule has 0 aliphatic heterocycles. The molecular formula is C19H15N3O3. The quantitative estimate of drug-likeness (QED) is 0.552. The SMILES string of the molecule is Cc1cc(NC(=O)C(=O)Nc2ccc3c(c2)Cc2ccccc2-3)no1. The van der Waals surface area contributed by atoms with Crippen molar-refractivity contribution in [3.05, 3.63) is 65.4 Å². The first-order chi connectivity index (χ1) is 12.1. The highest BCUT2D eigenvalue weighted by atomic mass is 16.5. The predicted octanol–water partition coefficient (Wildman–Crippen LogP) is 3.13. The van der Waals surface area contributed by atoms with E-state index in [0.717, 1.165) is 17.5 Å². The van der Waals surface area contributed by atoms with Crippen molar-refractivity contribution in [1.82, 2.24) is 5.16 Å². The van der Waals surface area contributed by atoms with E-state index in [1.807, 2.05) is 24.3 Å². The summed E-state index contributed by atoms with van der Waals surface area (Å²) in [7, 11) is 0. The maximum absolute atomic E-state index is 12.1. The van der Waals surface area contributed by atoms with Crippen LogP contribution < -0.4 is 10.6 Å². The summed E-state index contributed by atoms with van der Waals surface area (Å²) in [5.41, 5.74) is 5.36. The molecule has 25 heavy (non-hydrogen) atoms. The minimum atomic E-state index is -0.794. The Kier molecular flexibility index (Phi) is 3.57. The Labute approximate surface area is 143 Å². The Morgan fingerprint density at radius 2 is 1.72 bits per heavy atom. The number of benzene rings is 2. The molecule has 3 aromatic rings. The molecule has 0 fully saturated rings. The van der Waals surface area contributed by atoms with E-state index in [0.29, 0.717) is 11.4 Å². The average Bonchev–Trinajstić information content (AvgIpc) is 3.17. The van der Waals surface area contributed by atoms with E-state index in [1.165, 1.54) is 17.2 Å². The van der Waals surface area contributed by atoms with E-state index in [1.54, 1.807) is 13.0 Å². The fourth-order valence-corrected chi connectivity index (χ4v) is 3.01. The van der Waals surface area contributed by atoms with Gasteiger partial charge in [0.2, 0.25) is 0 Å². The lowest BCUT2D eigenvalue weighted by atomic mass is 10.1. The van der Waals surface area contributed by atoms with E-state index in [-0.39, 0.29) is 5.82 Å². The lowest BCUT2D eigenvalue weighted by molar-refractivity contribution is -0.133. The molecule has 0 spiro atoms. The summed E-state index contributed by atoms with van der Waals surface area (Å²) in [6.45, 7) is 1.70. The first-order valence-corrected chi connectivity index (χ1v) is 7.87. The second-order valence-electron chi connectivity index (χ2n) is 5.94. The van der Waals surface area contributed by atoms with Crippen LogP contribution in [0.1, 0.15) is 16.9 Å². The average molecular weight is 333 g/mol. The monoisotopic (exact) mass is 333 g/mol. The van der Waals surface area contributed by atoms with Crippen LogP contribution in [0.4, 0.5) is 11.5 Å². The van der Waals surface area contributed by atoms with Gasteiger partial charge in [-0.2, -0.15) is 0 Å². The number of rotatable bonds is 2. The first kappa shape index (κ1) is 15.1. The maximum Gasteiger partial charge on any atom is 0.315 e. The molecule has 0 unspecified atom stereocenters. The number of anilines is 2. The van der Waals surface area contributed by atoms with Gasteiger partial charge in [0.05, 0.1) is 0 Å². The molecule has 0 atom stereocenters. The number of nitrogens with zero attached hydrogens (tertiary/aromatic N) is 1. The van der Waals surface area contributed by atoms with Crippen molar-refractivity contribution in [1.29, 1.82) is 0 Å². The van der Waals surface area contributed by atoms with Crippen molar-refractivity contribution in [3.8, 4) is 11.1 Å². The predicted molar refractivity (Wildman–Crippen MR) is 93.2 cm³/mol. The van der Waals surface area contributed by atoms with Crippen LogP contribution in [0, 0.1) is 6.92 Å². The summed E-state index contributed by atoms with van der Waals surface area (Å²) in [6, 6.07) is 15.4. The van der Waals surface area contributed by atoms with Crippen LogP contribution in [0.3, 0.4) is 0 Å². The summed E-state index contributed by atoms with van der Waals surface area (Å²) < 4.78 is 4.85. The molecule has 6 heteroatoms. The molecule has 0 bridgehead atoms. The molecule has 0 saturated heterocycles. The van der Waals surface area contributed by atoms with E-state index >= 15 is 0 Å². The molecule has 6 nitrogen and oxygen atoms in total. The third kappa shape index (κ3) is 2.89. The Morgan fingerprint density at radius 1 is 0.960 bits per heavy atom. The minimum absolute atomic E-state index is 0.210. The molecule has 2 N–H and O–H groups in total. The molecule has 2 aromatic carbocycles. The lowest BCUT2D eigenvalue weighted by Crippen LogP contribution is -2.29. The van der Waals surface area contributed by atoms with Crippen LogP contribution >= 0.6 is 0 Å². The van der Waals surface area contributed by atoms with Crippen molar-refractivity contribution in [3.63, 3.8) is 0 Å².